The molecule has 0 fully saturated rings. The number of fused-ring (bicyclic) bond motifs is 2. The van der Waals surface area contributed by atoms with Crippen LogP contribution < -0.4 is 5.73 Å². The van der Waals surface area contributed by atoms with Gasteiger partial charge in [0.05, 0.1) is 5.56 Å². The molecule has 0 unspecified atom stereocenters. The standard InChI is InChI=1S/C14H8BrNO2/c15-9-5-1-3-7-11(9)13(17)8-4-2-6-10(16)12(8)14(7)18/h1-6H,16H2. The minimum atomic E-state index is -0.195. The van der Waals surface area contributed by atoms with Crippen LogP contribution in [0.25, 0.3) is 0 Å². The van der Waals surface area contributed by atoms with Gasteiger partial charge in [0.15, 0.2) is 11.6 Å². The summed E-state index contributed by atoms with van der Waals surface area (Å²) < 4.78 is 0.631. The molecule has 0 amide bonds. The molecule has 0 saturated heterocycles. The van der Waals surface area contributed by atoms with Crippen LogP contribution in [-0.2, 0) is 0 Å². The van der Waals surface area contributed by atoms with Crippen molar-refractivity contribution in [1.82, 2.24) is 0 Å². The van der Waals surface area contributed by atoms with Crippen molar-refractivity contribution < 1.29 is 9.59 Å². The predicted octanol–water partition coefficient (Wildman–Crippen LogP) is 2.81. The molecule has 3 rings (SSSR count). The lowest BCUT2D eigenvalue weighted by Gasteiger charge is -2.19. The Morgan fingerprint density at radius 1 is 0.833 bits per heavy atom. The lowest BCUT2D eigenvalue weighted by atomic mass is 9.83. The summed E-state index contributed by atoms with van der Waals surface area (Å²) in [4.78, 5) is 24.8. The van der Waals surface area contributed by atoms with E-state index in [4.69, 9.17) is 5.73 Å². The summed E-state index contributed by atoms with van der Waals surface area (Å²) in [5.74, 6) is -0.363. The van der Waals surface area contributed by atoms with Crippen molar-refractivity contribution in [2.24, 2.45) is 0 Å². The van der Waals surface area contributed by atoms with Gasteiger partial charge in [0.2, 0.25) is 0 Å². The molecule has 2 N–H and O–H groups in total. The average molecular weight is 302 g/mol. The second-order valence-corrected chi connectivity index (χ2v) is 4.94. The predicted molar refractivity (Wildman–Crippen MR) is 71.9 cm³/mol. The van der Waals surface area contributed by atoms with Gasteiger partial charge in [-0.05, 0) is 12.1 Å². The van der Waals surface area contributed by atoms with Gasteiger partial charge in [0.1, 0.15) is 0 Å². The largest absolute Gasteiger partial charge is 0.398 e. The highest BCUT2D eigenvalue weighted by atomic mass is 79.9. The Morgan fingerprint density at radius 2 is 1.39 bits per heavy atom. The smallest absolute Gasteiger partial charge is 0.196 e. The molecule has 0 aliphatic heterocycles. The molecular formula is C14H8BrNO2. The van der Waals surface area contributed by atoms with Gasteiger partial charge in [-0.3, -0.25) is 9.59 Å². The Kier molecular flexibility index (Phi) is 2.35. The van der Waals surface area contributed by atoms with Gasteiger partial charge in [0, 0.05) is 26.9 Å². The Balaban J connectivity index is 2.40. The molecule has 1 aliphatic rings. The molecule has 0 bridgehead atoms. The van der Waals surface area contributed by atoms with Crippen molar-refractivity contribution in [2.75, 3.05) is 5.73 Å². The molecule has 0 saturated carbocycles. The fraction of sp³-hybridized carbons (Fsp3) is 0. The molecule has 0 aromatic heterocycles. The quantitative estimate of drug-likeness (QED) is 0.650. The number of ketones is 2. The van der Waals surface area contributed by atoms with Crippen LogP contribution in [0, 0.1) is 0 Å². The SMILES string of the molecule is Nc1cccc2c1C(=O)c1cccc(Br)c1C2=O. The summed E-state index contributed by atoms with van der Waals surface area (Å²) in [6.45, 7) is 0. The summed E-state index contributed by atoms with van der Waals surface area (Å²) in [6.07, 6.45) is 0. The third-order valence-electron chi connectivity index (χ3n) is 3.05. The van der Waals surface area contributed by atoms with Gasteiger partial charge in [-0.1, -0.05) is 40.2 Å². The van der Waals surface area contributed by atoms with Crippen molar-refractivity contribution in [3.05, 3.63) is 63.1 Å². The van der Waals surface area contributed by atoms with Gasteiger partial charge in [0.25, 0.3) is 0 Å². The van der Waals surface area contributed by atoms with Gasteiger partial charge in [-0.25, -0.2) is 0 Å². The zero-order valence-corrected chi connectivity index (χ0v) is 10.8. The van der Waals surface area contributed by atoms with E-state index < -0.39 is 0 Å². The topological polar surface area (TPSA) is 60.2 Å². The van der Waals surface area contributed by atoms with E-state index in [1.165, 1.54) is 0 Å². The highest BCUT2D eigenvalue weighted by molar-refractivity contribution is 9.10. The summed E-state index contributed by atoms with van der Waals surface area (Å²) in [7, 11) is 0. The Morgan fingerprint density at radius 3 is 2.11 bits per heavy atom. The highest BCUT2D eigenvalue weighted by Crippen LogP contribution is 2.34. The number of hydrogen-bond donors (Lipinski definition) is 1. The van der Waals surface area contributed by atoms with Crippen molar-refractivity contribution in [3.63, 3.8) is 0 Å². The van der Waals surface area contributed by atoms with Gasteiger partial charge < -0.3 is 5.73 Å². The maximum Gasteiger partial charge on any atom is 0.196 e. The lowest BCUT2D eigenvalue weighted by Crippen LogP contribution is -2.22. The van der Waals surface area contributed by atoms with Gasteiger partial charge >= 0.3 is 0 Å². The lowest BCUT2D eigenvalue weighted by molar-refractivity contribution is 0.0979. The number of rotatable bonds is 0. The molecule has 0 spiro atoms. The first-order valence-corrected chi connectivity index (χ1v) is 6.17. The minimum absolute atomic E-state index is 0.167. The molecule has 0 heterocycles. The zero-order valence-electron chi connectivity index (χ0n) is 9.24. The van der Waals surface area contributed by atoms with E-state index in [9.17, 15) is 9.59 Å². The number of nitrogens with two attached hydrogens (primary N) is 1. The van der Waals surface area contributed by atoms with Crippen molar-refractivity contribution >= 4 is 33.2 Å². The van der Waals surface area contributed by atoms with Crippen molar-refractivity contribution in [2.45, 2.75) is 0 Å². The molecule has 18 heavy (non-hydrogen) atoms. The van der Waals surface area contributed by atoms with E-state index in [0.717, 1.165) is 0 Å². The molecule has 88 valence electrons. The number of halogens is 1. The maximum atomic E-state index is 12.4. The number of carbonyl (C=O) groups is 2. The molecular weight excluding hydrogens is 294 g/mol. The molecule has 2 aromatic rings. The summed E-state index contributed by atoms with van der Waals surface area (Å²) in [6, 6.07) is 10.1. The molecule has 3 nitrogen and oxygen atoms in total. The first-order chi connectivity index (χ1) is 8.61. The third-order valence-corrected chi connectivity index (χ3v) is 3.71. The number of anilines is 1. The Hall–Kier alpha value is -1.94. The minimum Gasteiger partial charge on any atom is -0.398 e. The first-order valence-electron chi connectivity index (χ1n) is 5.37. The number of benzene rings is 2. The first kappa shape index (κ1) is 11.2. The summed E-state index contributed by atoms with van der Waals surface area (Å²) >= 11 is 3.32. The normalized spacial score (nSPS) is 13.2. The second kappa shape index (κ2) is 3.78. The monoisotopic (exact) mass is 301 g/mol. The molecule has 2 aromatic carbocycles. The van der Waals surface area contributed by atoms with E-state index >= 15 is 0 Å². The Labute approximate surface area is 112 Å². The van der Waals surface area contributed by atoms with Crippen LogP contribution in [0.3, 0.4) is 0 Å². The molecule has 0 radical (unpaired) electrons. The van der Waals surface area contributed by atoms with E-state index in [1.54, 1.807) is 36.4 Å². The van der Waals surface area contributed by atoms with Crippen LogP contribution in [-0.4, -0.2) is 11.6 Å². The van der Waals surface area contributed by atoms with Gasteiger partial charge in [-0.15, -0.1) is 0 Å². The van der Waals surface area contributed by atoms with Crippen LogP contribution >= 0.6 is 15.9 Å². The summed E-state index contributed by atoms with van der Waals surface area (Å²) in [5, 5.41) is 0. The van der Waals surface area contributed by atoms with E-state index in [-0.39, 0.29) is 11.6 Å². The maximum absolute atomic E-state index is 12.4. The van der Waals surface area contributed by atoms with E-state index in [0.29, 0.717) is 32.4 Å². The molecule has 4 heteroatoms. The number of nitrogen functional groups attached to an aromatic ring is 1. The van der Waals surface area contributed by atoms with Crippen LogP contribution in [0.15, 0.2) is 40.9 Å². The zero-order chi connectivity index (χ0) is 12.9. The highest BCUT2D eigenvalue weighted by Gasteiger charge is 2.32. The fourth-order valence-electron chi connectivity index (χ4n) is 2.23. The van der Waals surface area contributed by atoms with Crippen LogP contribution in [0.5, 0.6) is 0 Å². The Bertz CT molecular complexity index is 645. The van der Waals surface area contributed by atoms with Crippen LogP contribution in [0.4, 0.5) is 5.69 Å². The average Bonchev–Trinajstić information content (AvgIpc) is 2.35. The van der Waals surface area contributed by atoms with Crippen molar-refractivity contribution in [3.8, 4) is 0 Å². The van der Waals surface area contributed by atoms with Crippen molar-refractivity contribution in [1.29, 1.82) is 0 Å². The van der Waals surface area contributed by atoms with Crippen LogP contribution in [0.2, 0.25) is 0 Å². The fourth-order valence-corrected chi connectivity index (χ4v) is 2.77. The number of carbonyl (C=O) groups excluding carboxylic acids is 2. The summed E-state index contributed by atoms with van der Waals surface area (Å²) in [5.41, 5.74) is 7.66. The number of hydrogen-bond acceptors (Lipinski definition) is 3. The van der Waals surface area contributed by atoms with Gasteiger partial charge in [-0.2, -0.15) is 0 Å². The van der Waals surface area contributed by atoms with Crippen LogP contribution in [0.1, 0.15) is 31.8 Å². The van der Waals surface area contributed by atoms with E-state index in [2.05, 4.69) is 15.9 Å². The second-order valence-electron chi connectivity index (χ2n) is 4.09. The third kappa shape index (κ3) is 1.36. The molecule has 0 atom stereocenters. The van der Waals surface area contributed by atoms with E-state index in [1.807, 2.05) is 0 Å². The molecule has 1 aliphatic carbocycles.